The van der Waals surface area contributed by atoms with Crippen LogP contribution in [0, 0.1) is 0 Å². The number of benzene rings is 2. The Kier molecular flexibility index (Phi) is 4.49. The number of hydrogen-bond acceptors (Lipinski definition) is 4. The standard InChI is InChI=1S/C14H14N2O3/c17-14(10-15-18)16-11-5-4-8-13(9-11)19-12-6-2-1-3-7-12/h1-9,15,18H,10H2,(H,16,17). The zero-order valence-corrected chi connectivity index (χ0v) is 10.2. The Balaban J connectivity index is 2.05. The van der Waals surface area contributed by atoms with E-state index < -0.39 is 0 Å². The summed E-state index contributed by atoms with van der Waals surface area (Å²) < 4.78 is 5.64. The second-order valence-corrected chi connectivity index (χ2v) is 3.83. The van der Waals surface area contributed by atoms with Crippen molar-refractivity contribution in [2.75, 3.05) is 11.9 Å². The third-order valence-corrected chi connectivity index (χ3v) is 2.34. The Morgan fingerprint density at radius 3 is 2.53 bits per heavy atom. The predicted octanol–water partition coefficient (Wildman–Crippen LogP) is 2.40. The van der Waals surface area contributed by atoms with E-state index in [1.54, 1.807) is 29.7 Å². The summed E-state index contributed by atoms with van der Waals surface area (Å²) in [5, 5.41) is 11.1. The number of nitrogens with one attached hydrogen (secondary N) is 2. The van der Waals surface area contributed by atoms with Crippen LogP contribution >= 0.6 is 0 Å². The molecule has 2 aromatic rings. The van der Waals surface area contributed by atoms with E-state index in [0.717, 1.165) is 5.75 Å². The van der Waals surface area contributed by atoms with Crippen LogP contribution in [-0.2, 0) is 4.79 Å². The summed E-state index contributed by atoms with van der Waals surface area (Å²) in [5.74, 6) is 1.02. The summed E-state index contributed by atoms with van der Waals surface area (Å²) in [5.41, 5.74) is 2.40. The van der Waals surface area contributed by atoms with E-state index in [1.165, 1.54) is 0 Å². The summed E-state index contributed by atoms with van der Waals surface area (Å²) >= 11 is 0. The molecule has 0 heterocycles. The second kappa shape index (κ2) is 6.53. The molecule has 0 aromatic heterocycles. The van der Waals surface area contributed by atoms with Crippen LogP contribution in [-0.4, -0.2) is 17.7 Å². The molecule has 0 atom stereocenters. The van der Waals surface area contributed by atoms with E-state index in [-0.39, 0.29) is 12.5 Å². The minimum absolute atomic E-state index is 0.163. The average Bonchev–Trinajstić information content (AvgIpc) is 2.40. The molecule has 0 fully saturated rings. The minimum Gasteiger partial charge on any atom is -0.457 e. The lowest BCUT2D eigenvalue weighted by molar-refractivity contribution is -0.116. The zero-order valence-electron chi connectivity index (χ0n) is 10.2. The molecule has 98 valence electrons. The van der Waals surface area contributed by atoms with Gasteiger partial charge in [-0.3, -0.25) is 4.79 Å². The normalized spacial score (nSPS) is 9.95. The van der Waals surface area contributed by atoms with Crippen molar-refractivity contribution in [1.82, 2.24) is 5.48 Å². The number of anilines is 1. The van der Waals surface area contributed by atoms with Gasteiger partial charge in [-0.25, -0.2) is 0 Å². The quantitative estimate of drug-likeness (QED) is 0.720. The molecule has 19 heavy (non-hydrogen) atoms. The van der Waals surface area contributed by atoms with E-state index >= 15 is 0 Å². The lowest BCUT2D eigenvalue weighted by Gasteiger charge is -2.08. The maximum Gasteiger partial charge on any atom is 0.240 e. The molecule has 0 spiro atoms. The van der Waals surface area contributed by atoms with Gasteiger partial charge in [0.1, 0.15) is 18.0 Å². The first-order valence-corrected chi connectivity index (χ1v) is 5.78. The first kappa shape index (κ1) is 13.1. The van der Waals surface area contributed by atoms with Crippen LogP contribution in [0.15, 0.2) is 54.6 Å². The Hall–Kier alpha value is -2.37. The lowest BCUT2D eigenvalue weighted by Crippen LogP contribution is -2.25. The highest BCUT2D eigenvalue weighted by atomic mass is 16.5. The smallest absolute Gasteiger partial charge is 0.240 e. The molecule has 0 aliphatic carbocycles. The number of hydroxylamine groups is 1. The van der Waals surface area contributed by atoms with E-state index in [1.807, 2.05) is 30.3 Å². The van der Waals surface area contributed by atoms with Crippen LogP contribution in [0.2, 0.25) is 0 Å². The fourth-order valence-electron chi connectivity index (χ4n) is 1.54. The molecule has 0 saturated carbocycles. The second-order valence-electron chi connectivity index (χ2n) is 3.83. The van der Waals surface area contributed by atoms with Gasteiger partial charge in [-0.15, -0.1) is 0 Å². The molecule has 0 bridgehead atoms. The molecule has 2 aromatic carbocycles. The number of carbonyl (C=O) groups is 1. The van der Waals surface area contributed by atoms with Gasteiger partial charge < -0.3 is 15.3 Å². The number of amides is 1. The van der Waals surface area contributed by atoms with Crippen molar-refractivity contribution in [2.45, 2.75) is 0 Å². The third kappa shape index (κ3) is 4.09. The Labute approximate surface area is 110 Å². The topological polar surface area (TPSA) is 70.6 Å². The molecular weight excluding hydrogens is 244 g/mol. The fraction of sp³-hybridized carbons (Fsp3) is 0.0714. The monoisotopic (exact) mass is 258 g/mol. The molecule has 5 heteroatoms. The summed E-state index contributed by atoms with van der Waals surface area (Å²) in [6, 6.07) is 16.4. The summed E-state index contributed by atoms with van der Waals surface area (Å²) in [4.78, 5) is 11.3. The zero-order chi connectivity index (χ0) is 13.5. The Morgan fingerprint density at radius 1 is 1.05 bits per heavy atom. The van der Waals surface area contributed by atoms with Crippen molar-refractivity contribution in [2.24, 2.45) is 0 Å². The van der Waals surface area contributed by atoms with Crippen LogP contribution in [0.25, 0.3) is 0 Å². The molecule has 0 unspecified atom stereocenters. The highest BCUT2D eigenvalue weighted by Gasteiger charge is 2.03. The van der Waals surface area contributed by atoms with Crippen molar-refractivity contribution in [3.63, 3.8) is 0 Å². The number of hydrogen-bond donors (Lipinski definition) is 3. The molecule has 0 aliphatic heterocycles. The number of para-hydroxylation sites is 1. The van der Waals surface area contributed by atoms with Gasteiger partial charge in [0, 0.05) is 11.8 Å². The van der Waals surface area contributed by atoms with Gasteiger partial charge in [0.25, 0.3) is 0 Å². The van der Waals surface area contributed by atoms with Gasteiger partial charge in [-0.2, -0.15) is 5.48 Å². The van der Waals surface area contributed by atoms with Gasteiger partial charge in [-0.1, -0.05) is 24.3 Å². The van der Waals surface area contributed by atoms with E-state index in [4.69, 9.17) is 9.94 Å². The van der Waals surface area contributed by atoms with Crippen LogP contribution in [0.1, 0.15) is 0 Å². The SMILES string of the molecule is O=C(CNO)Nc1cccc(Oc2ccccc2)c1. The molecule has 0 aliphatic rings. The highest BCUT2D eigenvalue weighted by Crippen LogP contribution is 2.23. The molecular formula is C14H14N2O3. The van der Waals surface area contributed by atoms with Crippen molar-refractivity contribution < 1.29 is 14.7 Å². The van der Waals surface area contributed by atoms with Crippen LogP contribution in [0.4, 0.5) is 5.69 Å². The van der Waals surface area contributed by atoms with Crippen LogP contribution < -0.4 is 15.5 Å². The first-order chi connectivity index (χ1) is 9.28. The summed E-state index contributed by atoms with van der Waals surface area (Å²) in [7, 11) is 0. The summed E-state index contributed by atoms with van der Waals surface area (Å²) in [6.07, 6.45) is 0. The largest absolute Gasteiger partial charge is 0.457 e. The van der Waals surface area contributed by atoms with Gasteiger partial charge in [-0.05, 0) is 24.3 Å². The van der Waals surface area contributed by atoms with Crippen molar-refractivity contribution >= 4 is 11.6 Å². The van der Waals surface area contributed by atoms with E-state index in [2.05, 4.69) is 5.32 Å². The van der Waals surface area contributed by atoms with Crippen molar-refractivity contribution in [3.05, 3.63) is 54.6 Å². The van der Waals surface area contributed by atoms with Gasteiger partial charge in [0.15, 0.2) is 0 Å². The molecule has 0 radical (unpaired) electrons. The number of ether oxygens (including phenoxy) is 1. The molecule has 3 N–H and O–H groups in total. The van der Waals surface area contributed by atoms with E-state index in [9.17, 15) is 4.79 Å². The minimum atomic E-state index is -0.334. The first-order valence-electron chi connectivity index (χ1n) is 5.78. The number of rotatable bonds is 5. The van der Waals surface area contributed by atoms with Crippen LogP contribution in [0.5, 0.6) is 11.5 Å². The number of carbonyl (C=O) groups excluding carboxylic acids is 1. The third-order valence-electron chi connectivity index (χ3n) is 2.34. The molecule has 5 nitrogen and oxygen atoms in total. The van der Waals surface area contributed by atoms with E-state index in [0.29, 0.717) is 11.4 Å². The maximum absolute atomic E-state index is 11.3. The predicted molar refractivity (Wildman–Crippen MR) is 71.4 cm³/mol. The van der Waals surface area contributed by atoms with Crippen molar-refractivity contribution in [1.29, 1.82) is 0 Å². The Morgan fingerprint density at radius 2 is 1.79 bits per heavy atom. The Bertz CT molecular complexity index is 543. The lowest BCUT2D eigenvalue weighted by atomic mass is 10.3. The van der Waals surface area contributed by atoms with Gasteiger partial charge >= 0.3 is 0 Å². The molecule has 2 rings (SSSR count). The molecule has 0 saturated heterocycles. The average molecular weight is 258 g/mol. The highest BCUT2D eigenvalue weighted by molar-refractivity contribution is 5.92. The molecule has 1 amide bonds. The van der Waals surface area contributed by atoms with Gasteiger partial charge in [0.2, 0.25) is 5.91 Å². The summed E-state index contributed by atoms with van der Waals surface area (Å²) in [6.45, 7) is -0.163. The van der Waals surface area contributed by atoms with Crippen molar-refractivity contribution in [3.8, 4) is 11.5 Å². The fourth-order valence-corrected chi connectivity index (χ4v) is 1.54. The van der Waals surface area contributed by atoms with Gasteiger partial charge in [0.05, 0.1) is 0 Å². The van der Waals surface area contributed by atoms with Crippen LogP contribution in [0.3, 0.4) is 0 Å². The maximum atomic E-state index is 11.3.